The van der Waals surface area contributed by atoms with Crippen molar-refractivity contribution in [2.24, 2.45) is 0 Å². The van der Waals surface area contributed by atoms with E-state index in [1.165, 1.54) is 17.7 Å². The molecule has 0 saturated carbocycles. The standard InChI is InChI=1S/C20H24N2O3S2/c1-15-17(14-22-9-11-26-12-10-22)6-4-8-19(15)21-20(23)16-5-3-7-18(13-16)27(2,24)25/h3-8,13H,9-12,14H2,1-2H3,(H,21,23). The molecular formula is C20H24N2O3S2. The molecule has 1 aliphatic heterocycles. The van der Waals surface area contributed by atoms with E-state index in [1.807, 2.05) is 30.8 Å². The van der Waals surface area contributed by atoms with Gasteiger partial charge in [0.1, 0.15) is 0 Å². The van der Waals surface area contributed by atoms with E-state index in [4.69, 9.17) is 0 Å². The van der Waals surface area contributed by atoms with E-state index in [0.29, 0.717) is 5.56 Å². The van der Waals surface area contributed by atoms with E-state index in [-0.39, 0.29) is 10.8 Å². The van der Waals surface area contributed by atoms with Crippen molar-refractivity contribution >= 4 is 33.2 Å². The lowest BCUT2D eigenvalue weighted by Gasteiger charge is -2.27. The first-order valence-corrected chi connectivity index (χ1v) is 11.9. The summed E-state index contributed by atoms with van der Waals surface area (Å²) in [6.45, 7) is 5.05. The molecule has 0 unspecified atom stereocenters. The number of benzene rings is 2. The summed E-state index contributed by atoms with van der Waals surface area (Å²) in [4.78, 5) is 15.2. The predicted molar refractivity (Wildman–Crippen MR) is 111 cm³/mol. The Morgan fingerprint density at radius 3 is 2.56 bits per heavy atom. The zero-order chi connectivity index (χ0) is 19.4. The van der Waals surface area contributed by atoms with Crippen LogP contribution >= 0.6 is 11.8 Å². The van der Waals surface area contributed by atoms with Gasteiger partial charge in [0.15, 0.2) is 9.84 Å². The summed E-state index contributed by atoms with van der Waals surface area (Å²) in [6, 6.07) is 12.0. The Balaban J connectivity index is 1.77. The first-order valence-electron chi connectivity index (χ1n) is 8.84. The molecule has 0 aliphatic carbocycles. The summed E-state index contributed by atoms with van der Waals surface area (Å²) in [7, 11) is -3.35. The van der Waals surface area contributed by atoms with Crippen LogP contribution in [0.4, 0.5) is 5.69 Å². The van der Waals surface area contributed by atoms with Gasteiger partial charge in [0.2, 0.25) is 0 Å². The molecule has 0 aromatic heterocycles. The van der Waals surface area contributed by atoms with E-state index in [9.17, 15) is 13.2 Å². The molecule has 1 aliphatic rings. The molecule has 2 aromatic carbocycles. The zero-order valence-corrected chi connectivity index (χ0v) is 17.2. The average Bonchev–Trinajstić information content (AvgIpc) is 2.65. The van der Waals surface area contributed by atoms with Crippen LogP contribution in [-0.4, -0.2) is 50.1 Å². The average molecular weight is 405 g/mol. The number of nitrogens with zero attached hydrogens (tertiary/aromatic N) is 1. The Bertz CT molecular complexity index is 936. The zero-order valence-electron chi connectivity index (χ0n) is 15.6. The molecule has 0 atom stereocenters. The Morgan fingerprint density at radius 2 is 1.85 bits per heavy atom. The second-order valence-corrected chi connectivity index (χ2v) is 9.97. The highest BCUT2D eigenvalue weighted by Gasteiger charge is 2.15. The van der Waals surface area contributed by atoms with Crippen LogP contribution in [0, 0.1) is 6.92 Å². The smallest absolute Gasteiger partial charge is 0.255 e. The van der Waals surface area contributed by atoms with E-state index < -0.39 is 9.84 Å². The number of sulfone groups is 1. The lowest BCUT2D eigenvalue weighted by atomic mass is 10.1. The van der Waals surface area contributed by atoms with Crippen LogP contribution < -0.4 is 5.32 Å². The second-order valence-electron chi connectivity index (χ2n) is 6.73. The van der Waals surface area contributed by atoms with Gasteiger partial charge >= 0.3 is 0 Å². The third kappa shape index (κ3) is 5.12. The van der Waals surface area contributed by atoms with Crippen LogP contribution in [0.1, 0.15) is 21.5 Å². The number of carbonyl (C=O) groups excluding carboxylic acids is 1. The van der Waals surface area contributed by atoms with Gasteiger partial charge in [0.25, 0.3) is 5.91 Å². The fourth-order valence-corrected chi connectivity index (χ4v) is 4.70. The Kier molecular flexibility index (Phi) is 6.24. The predicted octanol–water partition coefficient (Wildman–Crippen LogP) is 3.20. The number of rotatable bonds is 5. The summed E-state index contributed by atoms with van der Waals surface area (Å²) in [5.41, 5.74) is 3.33. The third-order valence-corrected chi connectivity index (χ3v) is 6.77. The number of anilines is 1. The van der Waals surface area contributed by atoms with Gasteiger partial charge in [0.05, 0.1) is 4.90 Å². The Morgan fingerprint density at radius 1 is 1.15 bits per heavy atom. The molecule has 3 rings (SSSR count). The van der Waals surface area contributed by atoms with Gasteiger partial charge in [-0.15, -0.1) is 0 Å². The number of hydrogen-bond donors (Lipinski definition) is 1. The molecule has 7 heteroatoms. The third-order valence-electron chi connectivity index (χ3n) is 4.72. The fraction of sp³-hybridized carbons (Fsp3) is 0.350. The highest BCUT2D eigenvalue weighted by atomic mass is 32.2. The maximum Gasteiger partial charge on any atom is 0.255 e. The number of hydrogen-bond acceptors (Lipinski definition) is 5. The topological polar surface area (TPSA) is 66.5 Å². The molecule has 0 spiro atoms. The summed E-state index contributed by atoms with van der Waals surface area (Å²) >= 11 is 1.98. The molecule has 5 nitrogen and oxygen atoms in total. The summed E-state index contributed by atoms with van der Waals surface area (Å²) in [5, 5.41) is 2.93. The lowest BCUT2D eigenvalue weighted by molar-refractivity contribution is 0.102. The number of thioether (sulfide) groups is 1. The maximum absolute atomic E-state index is 12.6. The van der Waals surface area contributed by atoms with E-state index >= 15 is 0 Å². The summed E-state index contributed by atoms with van der Waals surface area (Å²) < 4.78 is 23.4. The molecule has 1 amide bonds. The monoisotopic (exact) mass is 404 g/mol. The number of nitrogens with one attached hydrogen (secondary N) is 1. The van der Waals surface area contributed by atoms with Gasteiger partial charge in [-0.1, -0.05) is 18.2 Å². The minimum absolute atomic E-state index is 0.142. The van der Waals surface area contributed by atoms with Crippen molar-refractivity contribution in [3.05, 3.63) is 59.2 Å². The van der Waals surface area contributed by atoms with Crippen LogP contribution in [0.15, 0.2) is 47.4 Å². The number of amides is 1. The van der Waals surface area contributed by atoms with Crippen LogP contribution in [0.2, 0.25) is 0 Å². The van der Waals surface area contributed by atoms with Gasteiger partial charge in [-0.25, -0.2) is 8.42 Å². The van der Waals surface area contributed by atoms with Crippen LogP contribution in [0.25, 0.3) is 0 Å². The highest BCUT2D eigenvalue weighted by molar-refractivity contribution is 7.99. The van der Waals surface area contributed by atoms with Gasteiger partial charge in [0, 0.05) is 48.6 Å². The fourth-order valence-electron chi connectivity index (χ4n) is 3.05. The minimum Gasteiger partial charge on any atom is -0.322 e. The van der Waals surface area contributed by atoms with Crippen molar-refractivity contribution in [3.8, 4) is 0 Å². The Labute approximate surface area is 165 Å². The van der Waals surface area contributed by atoms with Crippen molar-refractivity contribution in [1.82, 2.24) is 4.90 Å². The van der Waals surface area contributed by atoms with E-state index in [0.717, 1.165) is 48.6 Å². The van der Waals surface area contributed by atoms with Crippen molar-refractivity contribution in [3.63, 3.8) is 0 Å². The largest absolute Gasteiger partial charge is 0.322 e. The molecule has 1 fully saturated rings. The molecule has 1 N–H and O–H groups in total. The molecule has 144 valence electrons. The highest BCUT2D eigenvalue weighted by Crippen LogP contribution is 2.23. The number of carbonyl (C=O) groups is 1. The summed E-state index contributed by atoms with van der Waals surface area (Å²) in [6.07, 6.45) is 1.14. The normalized spacial score (nSPS) is 15.5. The molecule has 0 bridgehead atoms. The van der Waals surface area contributed by atoms with Gasteiger partial charge in [-0.2, -0.15) is 11.8 Å². The van der Waals surface area contributed by atoms with Crippen molar-refractivity contribution in [2.45, 2.75) is 18.4 Å². The molecule has 1 heterocycles. The SMILES string of the molecule is Cc1c(CN2CCSCC2)cccc1NC(=O)c1cccc(S(C)(=O)=O)c1. The van der Waals surface area contributed by atoms with Gasteiger partial charge in [-0.3, -0.25) is 9.69 Å². The van der Waals surface area contributed by atoms with E-state index in [2.05, 4.69) is 16.3 Å². The van der Waals surface area contributed by atoms with Crippen LogP contribution in [0.3, 0.4) is 0 Å². The first kappa shape index (κ1) is 19.9. The van der Waals surface area contributed by atoms with Crippen LogP contribution in [0.5, 0.6) is 0 Å². The molecule has 27 heavy (non-hydrogen) atoms. The van der Waals surface area contributed by atoms with Gasteiger partial charge in [-0.05, 0) is 42.3 Å². The lowest BCUT2D eigenvalue weighted by Crippen LogP contribution is -2.32. The quantitative estimate of drug-likeness (QED) is 0.829. The maximum atomic E-state index is 12.6. The van der Waals surface area contributed by atoms with E-state index in [1.54, 1.807) is 12.1 Å². The second kappa shape index (κ2) is 8.46. The molecular weight excluding hydrogens is 380 g/mol. The molecule has 1 saturated heterocycles. The Hall–Kier alpha value is -1.83. The molecule has 0 radical (unpaired) electrons. The van der Waals surface area contributed by atoms with Crippen molar-refractivity contribution in [1.29, 1.82) is 0 Å². The summed E-state index contributed by atoms with van der Waals surface area (Å²) in [5.74, 6) is 2.01. The van der Waals surface area contributed by atoms with Gasteiger partial charge < -0.3 is 5.32 Å². The molecule has 2 aromatic rings. The first-order chi connectivity index (χ1) is 12.8. The van der Waals surface area contributed by atoms with Crippen molar-refractivity contribution in [2.75, 3.05) is 36.2 Å². The van der Waals surface area contributed by atoms with Crippen molar-refractivity contribution < 1.29 is 13.2 Å². The minimum atomic E-state index is -3.35. The van der Waals surface area contributed by atoms with Crippen LogP contribution in [-0.2, 0) is 16.4 Å².